The van der Waals surface area contributed by atoms with Gasteiger partial charge in [0.25, 0.3) is 0 Å². The number of piperidine rings is 1. The summed E-state index contributed by atoms with van der Waals surface area (Å²) in [6.07, 6.45) is 2.66. The van der Waals surface area contributed by atoms with E-state index in [4.69, 9.17) is 0 Å². The number of rotatable bonds is 2. The van der Waals surface area contributed by atoms with E-state index in [-0.39, 0.29) is 0 Å². The summed E-state index contributed by atoms with van der Waals surface area (Å²) in [5.74, 6) is 0.784. The molecule has 1 fully saturated rings. The predicted molar refractivity (Wildman–Crippen MR) is 82.0 cm³/mol. The smallest absolute Gasteiger partial charge is 0.0513 e. The van der Waals surface area contributed by atoms with Crippen LogP contribution in [0, 0.1) is 5.92 Å². The predicted octanol–water partition coefficient (Wildman–Crippen LogP) is 4.97. The maximum atomic E-state index is 3.71. The Kier molecular flexibility index (Phi) is 4.53. The maximum Gasteiger partial charge on any atom is 0.0513 e. The van der Waals surface area contributed by atoms with Crippen LogP contribution >= 0.6 is 31.9 Å². The number of halogens is 2. The molecule has 1 aromatic rings. The van der Waals surface area contributed by atoms with E-state index in [0.717, 1.165) is 11.2 Å². The third kappa shape index (κ3) is 2.87. The summed E-state index contributed by atoms with van der Waals surface area (Å²) >= 11 is 7.21. The molecule has 0 aliphatic carbocycles. The van der Waals surface area contributed by atoms with E-state index in [0.29, 0.717) is 6.04 Å². The van der Waals surface area contributed by atoms with Crippen LogP contribution in [0.2, 0.25) is 0 Å². The highest BCUT2D eigenvalue weighted by atomic mass is 79.9. The average Bonchev–Trinajstić information content (AvgIpc) is 2.33. The minimum absolute atomic E-state index is 0.634. The van der Waals surface area contributed by atoms with Crippen LogP contribution in [0.15, 0.2) is 22.7 Å². The highest BCUT2D eigenvalue weighted by molar-refractivity contribution is 9.10. The second-order valence-corrected chi connectivity index (χ2v) is 6.39. The van der Waals surface area contributed by atoms with Crippen LogP contribution in [-0.4, -0.2) is 12.6 Å². The molecule has 1 aliphatic heterocycles. The molecule has 2 unspecified atom stereocenters. The van der Waals surface area contributed by atoms with Gasteiger partial charge in [0.05, 0.1) is 5.69 Å². The fraction of sp³-hybridized carbons (Fsp3) is 0.571. The van der Waals surface area contributed by atoms with E-state index < -0.39 is 0 Å². The first-order valence-corrected chi connectivity index (χ1v) is 8.16. The fourth-order valence-electron chi connectivity index (χ4n) is 2.54. The summed E-state index contributed by atoms with van der Waals surface area (Å²) in [5, 5.41) is 0.915. The molecule has 17 heavy (non-hydrogen) atoms. The molecule has 0 aromatic heterocycles. The van der Waals surface area contributed by atoms with Gasteiger partial charge in [-0.2, -0.15) is 0 Å². The number of hydrogen-bond donors (Lipinski definition) is 0. The number of nitrogens with zero attached hydrogens (tertiary/aromatic N) is 1. The second kappa shape index (κ2) is 5.75. The third-order valence-corrected chi connectivity index (χ3v) is 5.13. The molecule has 2 rings (SSSR count). The van der Waals surface area contributed by atoms with E-state index >= 15 is 0 Å². The molecule has 94 valence electrons. The SMILES string of the molecule is CC1CCCN(c2ccc(CBr)cc2Br)C1C. The number of hydrogen-bond acceptors (Lipinski definition) is 1. The Morgan fingerprint density at radius 2 is 2.12 bits per heavy atom. The van der Waals surface area contributed by atoms with Crippen molar-refractivity contribution in [2.75, 3.05) is 11.4 Å². The van der Waals surface area contributed by atoms with Gasteiger partial charge in [-0.25, -0.2) is 0 Å². The monoisotopic (exact) mass is 359 g/mol. The summed E-state index contributed by atoms with van der Waals surface area (Å²) in [4.78, 5) is 2.54. The first-order chi connectivity index (χ1) is 8.13. The van der Waals surface area contributed by atoms with E-state index in [9.17, 15) is 0 Å². The molecule has 1 aromatic carbocycles. The zero-order chi connectivity index (χ0) is 12.4. The topological polar surface area (TPSA) is 3.24 Å². The third-order valence-electron chi connectivity index (χ3n) is 3.85. The summed E-state index contributed by atoms with van der Waals surface area (Å²) in [5.41, 5.74) is 2.66. The normalized spacial score (nSPS) is 25.1. The van der Waals surface area contributed by atoms with Crippen molar-refractivity contribution in [3.63, 3.8) is 0 Å². The highest BCUT2D eigenvalue weighted by Gasteiger charge is 2.25. The van der Waals surface area contributed by atoms with Gasteiger partial charge in [-0.1, -0.05) is 28.9 Å². The Balaban J connectivity index is 2.27. The summed E-state index contributed by atoms with van der Waals surface area (Å²) in [6.45, 7) is 5.88. The Hall–Kier alpha value is -0.0200. The second-order valence-electron chi connectivity index (χ2n) is 4.97. The van der Waals surface area contributed by atoms with Crippen LogP contribution in [0.5, 0.6) is 0 Å². The Morgan fingerprint density at radius 3 is 2.76 bits per heavy atom. The minimum atomic E-state index is 0.634. The van der Waals surface area contributed by atoms with E-state index in [1.165, 1.54) is 35.1 Å². The molecular formula is C14H19Br2N. The van der Waals surface area contributed by atoms with E-state index in [1.54, 1.807) is 0 Å². The van der Waals surface area contributed by atoms with Gasteiger partial charge in [-0.3, -0.25) is 0 Å². The Labute approximate surface area is 121 Å². The number of alkyl halides is 1. The highest BCUT2D eigenvalue weighted by Crippen LogP contribution is 2.34. The minimum Gasteiger partial charge on any atom is -0.368 e. The molecule has 0 amide bonds. The van der Waals surface area contributed by atoms with Crippen LogP contribution in [0.4, 0.5) is 5.69 Å². The van der Waals surface area contributed by atoms with Crippen molar-refractivity contribution in [1.82, 2.24) is 0 Å². The van der Waals surface area contributed by atoms with Crippen molar-refractivity contribution in [1.29, 1.82) is 0 Å². The van der Waals surface area contributed by atoms with E-state index in [1.807, 2.05) is 0 Å². The lowest BCUT2D eigenvalue weighted by Gasteiger charge is -2.40. The van der Waals surface area contributed by atoms with E-state index in [2.05, 4.69) is 68.8 Å². The van der Waals surface area contributed by atoms with Crippen LogP contribution in [0.25, 0.3) is 0 Å². The molecule has 0 spiro atoms. The summed E-state index contributed by atoms with van der Waals surface area (Å²) in [7, 11) is 0. The molecule has 0 N–H and O–H groups in total. The quantitative estimate of drug-likeness (QED) is 0.673. The standard InChI is InChI=1S/C14H19Br2N/c1-10-4-3-7-17(11(10)2)14-6-5-12(9-15)8-13(14)16/h5-6,8,10-11H,3-4,7,9H2,1-2H3. The summed E-state index contributed by atoms with van der Waals surface area (Å²) in [6, 6.07) is 7.31. The molecule has 0 saturated carbocycles. The largest absolute Gasteiger partial charge is 0.368 e. The zero-order valence-electron chi connectivity index (χ0n) is 10.4. The first-order valence-electron chi connectivity index (χ1n) is 6.24. The van der Waals surface area contributed by atoms with Crippen molar-refractivity contribution >= 4 is 37.5 Å². The van der Waals surface area contributed by atoms with Gasteiger partial charge in [0.15, 0.2) is 0 Å². The molecule has 3 heteroatoms. The number of benzene rings is 1. The van der Waals surface area contributed by atoms with Crippen LogP contribution in [0.1, 0.15) is 32.3 Å². The van der Waals surface area contributed by atoms with Crippen molar-refractivity contribution in [2.45, 2.75) is 38.1 Å². The Morgan fingerprint density at radius 1 is 1.35 bits per heavy atom. The van der Waals surface area contributed by atoms with Crippen molar-refractivity contribution in [3.05, 3.63) is 28.2 Å². The van der Waals surface area contributed by atoms with Crippen molar-refractivity contribution in [2.24, 2.45) is 5.92 Å². The van der Waals surface area contributed by atoms with Gasteiger partial charge >= 0.3 is 0 Å². The lowest BCUT2D eigenvalue weighted by Crippen LogP contribution is -2.42. The zero-order valence-corrected chi connectivity index (χ0v) is 13.6. The molecule has 0 bridgehead atoms. The summed E-state index contributed by atoms with van der Waals surface area (Å²) < 4.78 is 1.22. The molecule has 1 heterocycles. The van der Waals surface area contributed by atoms with Gasteiger partial charge in [-0.05, 0) is 59.3 Å². The maximum absolute atomic E-state index is 3.71. The molecular weight excluding hydrogens is 342 g/mol. The number of anilines is 1. The molecule has 2 atom stereocenters. The molecule has 1 aliphatic rings. The van der Waals surface area contributed by atoms with Crippen LogP contribution in [-0.2, 0) is 5.33 Å². The van der Waals surface area contributed by atoms with Gasteiger partial charge in [0, 0.05) is 22.4 Å². The van der Waals surface area contributed by atoms with Gasteiger partial charge < -0.3 is 4.90 Å². The Bertz CT molecular complexity index is 392. The van der Waals surface area contributed by atoms with Crippen molar-refractivity contribution < 1.29 is 0 Å². The molecule has 1 nitrogen and oxygen atoms in total. The van der Waals surface area contributed by atoms with Gasteiger partial charge in [0.1, 0.15) is 0 Å². The fourth-order valence-corrected chi connectivity index (χ4v) is 3.54. The molecule has 1 saturated heterocycles. The van der Waals surface area contributed by atoms with Crippen molar-refractivity contribution in [3.8, 4) is 0 Å². The van der Waals surface area contributed by atoms with Crippen LogP contribution < -0.4 is 4.90 Å². The van der Waals surface area contributed by atoms with Gasteiger partial charge in [-0.15, -0.1) is 0 Å². The van der Waals surface area contributed by atoms with Gasteiger partial charge in [0.2, 0.25) is 0 Å². The lowest BCUT2D eigenvalue weighted by atomic mass is 9.91. The van der Waals surface area contributed by atoms with Crippen LogP contribution in [0.3, 0.4) is 0 Å². The lowest BCUT2D eigenvalue weighted by molar-refractivity contribution is 0.363. The average molecular weight is 361 g/mol. The first kappa shape index (κ1) is 13.4. The molecule has 0 radical (unpaired) electrons.